The third-order valence-electron chi connectivity index (χ3n) is 3.91. The maximum atomic E-state index is 5.69. The van der Waals surface area contributed by atoms with Crippen molar-refractivity contribution in [2.45, 2.75) is 26.9 Å². The van der Waals surface area contributed by atoms with Crippen LogP contribution in [0.25, 0.3) is 10.9 Å². The van der Waals surface area contributed by atoms with E-state index in [0.717, 1.165) is 6.54 Å². The molecule has 102 valence electrons. The smallest absolute Gasteiger partial charge is 0.0486 e. The van der Waals surface area contributed by atoms with Gasteiger partial charge in [0.15, 0.2) is 0 Å². The summed E-state index contributed by atoms with van der Waals surface area (Å²) >= 11 is 0. The van der Waals surface area contributed by atoms with Crippen molar-refractivity contribution in [1.29, 1.82) is 0 Å². The first-order chi connectivity index (χ1) is 9.67. The lowest BCUT2D eigenvalue weighted by atomic mass is 10.0. The van der Waals surface area contributed by atoms with E-state index in [1.165, 1.54) is 33.2 Å². The molecule has 0 amide bonds. The number of nitrogens with two attached hydrogens (primary N) is 1. The van der Waals surface area contributed by atoms with Gasteiger partial charge in [-0.2, -0.15) is 0 Å². The van der Waals surface area contributed by atoms with E-state index in [4.69, 9.17) is 5.73 Å². The van der Waals surface area contributed by atoms with Gasteiger partial charge in [-0.15, -0.1) is 0 Å². The average Bonchev–Trinajstić information content (AvgIpc) is 2.83. The summed E-state index contributed by atoms with van der Waals surface area (Å²) in [4.78, 5) is 0. The number of nitrogens with zero attached hydrogens (tertiary/aromatic N) is 1. The van der Waals surface area contributed by atoms with Crippen LogP contribution in [0.2, 0.25) is 0 Å². The molecular formula is C18H20N2. The molecular weight excluding hydrogens is 244 g/mol. The van der Waals surface area contributed by atoms with E-state index in [-0.39, 0.29) is 0 Å². The Balaban J connectivity index is 1.99. The molecule has 1 heterocycles. The molecule has 0 aliphatic heterocycles. The predicted molar refractivity (Wildman–Crippen MR) is 84.8 cm³/mol. The second-order valence-electron chi connectivity index (χ2n) is 5.47. The number of aromatic nitrogens is 1. The summed E-state index contributed by atoms with van der Waals surface area (Å²) in [5.41, 5.74) is 12.1. The van der Waals surface area contributed by atoms with Crippen molar-refractivity contribution in [3.05, 3.63) is 70.9 Å². The standard InChI is InChI=1S/C18H20N2/c1-13-3-5-16-7-8-20(18(16)9-13)12-17-6-4-15(11-19)10-14(17)2/h3-10H,11-12,19H2,1-2H3. The number of fused-ring (bicyclic) bond motifs is 1. The van der Waals surface area contributed by atoms with Gasteiger partial charge in [-0.25, -0.2) is 0 Å². The van der Waals surface area contributed by atoms with Gasteiger partial charge in [-0.1, -0.05) is 30.3 Å². The molecule has 2 heteroatoms. The minimum atomic E-state index is 0.604. The maximum Gasteiger partial charge on any atom is 0.0486 e. The van der Waals surface area contributed by atoms with E-state index in [1.807, 2.05) is 0 Å². The zero-order chi connectivity index (χ0) is 14.1. The lowest BCUT2D eigenvalue weighted by molar-refractivity contribution is 0.828. The van der Waals surface area contributed by atoms with Crippen molar-refractivity contribution in [2.75, 3.05) is 0 Å². The van der Waals surface area contributed by atoms with Gasteiger partial charge in [-0.3, -0.25) is 0 Å². The zero-order valence-corrected chi connectivity index (χ0v) is 12.1. The Kier molecular flexibility index (Phi) is 3.33. The average molecular weight is 264 g/mol. The van der Waals surface area contributed by atoms with Gasteiger partial charge < -0.3 is 10.3 Å². The Labute approximate surface area is 119 Å². The highest BCUT2D eigenvalue weighted by atomic mass is 14.9. The molecule has 0 saturated heterocycles. The summed E-state index contributed by atoms with van der Waals surface area (Å²) in [7, 11) is 0. The normalized spacial score (nSPS) is 11.2. The predicted octanol–water partition coefficient (Wildman–Crippen LogP) is 3.77. The number of benzene rings is 2. The molecule has 0 atom stereocenters. The van der Waals surface area contributed by atoms with Gasteiger partial charge in [-0.05, 0) is 53.6 Å². The molecule has 0 radical (unpaired) electrons. The van der Waals surface area contributed by atoms with E-state index in [2.05, 4.69) is 67.1 Å². The molecule has 2 N–H and O–H groups in total. The Hall–Kier alpha value is -2.06. The van der Waals surface area contributed by atoms with E-state index < -0.39 is 0 Å². The number of aryl methyl sites for hydroxylation is 2. The molecule has 0 fully saturated rings. The molecule has 3 rings (SSSR count). The summed E-state index contributed by atoms with van der Waals surface area (Å²) in [5.74, 6) is 0. The van der Waals surface area contributed by atoms with Crippen molar-refractivity contribution in [2.24, 2.45) is 5.73 Å². The lowest BCUT2D eigenvalue weighted by Crippen LogP contribution is -2.02. The Morgan fingerprint density at radius 2 is 1.85 bits per heavy atom. The topological polar surface area (TPSA) is 30.9 Å². The minimum absolute atomic E-state index is 0.604. The largest absolute Gasteiger partial charge is 0.343 e. The maximum absolute atomic E-state index is 5.69. The van der Waals surface area contributed by atoms with Crippen molar-refractivity contribution in [3.63, 3.8) is 0 Å². The first-order valence-corrected chi connectivity index (χ1v) is 7.01. The molecule has 2 nitrogen and oxygen atoms in total. The summed E-state index contributed by atoms with van der Waals surface area (Å²) in [6.07, 6.45) is 2.17. The van der Waals surface area contributed by atoms with Crippen LogP contribution in [0.4, 0.5) is 0 Å². The van der Waals surface area contributed by atoms with Gasteiger partial charge in [0.2, 0.25) is 0 Å². The molecule has 0 aliphatic rings. The Morgan fingerprint density at radius 1 is 1.00 bits per heavy atom. The molecule has 1 aromatic heterocycles. The van der Waals surface area contributed by atoms with Crippen LogP contribution in [0.5, 0.6) is 0 Å². The lowest BCUT2D eigenvalue weighted by Gasteiger charge is -2.10. The minimum Gasteiger partial charge on any atom is -0.343 e. The second kappa shape index (κ2) is 5.14. The fraction of sp³-hybridized carbons (Fsp3) is 0.222. The Morgan fingerprint density at radius 3 is 2.60 bits per heavy atom. The van der Waals surface area contributed by atoms with Crippen molar-refractivity contribution in [3.8, 4) is 0 Å². The van der Waals surface area contributed by atoms with Gasteiger partial charge in [0.05, 0.1) is 0 Å². The Bertz CT molecular complexity index is 753. The molecule has 0 saturated carbocycles. The summed E-state index contributed by atoms with van der Waals surface area (Å²) in [5, 5.41) is 1.30. The zero-order valence-electron chi connectivity index (χ0n) is 12.1. The van der Waals surface area contributed by atoms with Crippen molar-refractivity contribution < 1.29 is 0 Å². The van der Waals surface area contributed by atoms with Crippen LogP contribution >= 0.6 is 0 Å². The van der Waals surface area contributed by atoms with Crippen LogP contribution in [0.15, 0.2) is 48.7 Å². The van der Waals surface area contributed by atoms with Gasteiger partial charge in [0, 0.05) is 24.8 Å². The molecule has 0 bridgehead atoms. The van der Waals surface area contributed by atoms with Gasteiger partial charge in [0.1, 0.15) is 0 Å². The third kappa shape index (κ3) is 2.35. The SMILES string of the molecule is Cc1ccc2ccn(Cc3ccc(CN)cc3C)c2c1. The molecule has 0 spiro atoms. The highest BCUT2D eigenvalue weighted by Gasteiger charge is 2.04. The highest BCUT2D eigenvalue weighted by molar-refractivity contribution is 5.80. The van der Waals surface area contributed by atoms with Crippen LogP contribution in [-0.2, 0) is 13.1 Å². The van der Waals surface area contributed by atoms with Crippen LogP contribution in [0.3, 0.4) is 0 Å². The summed E-state index contributed by atoms with van der Waals surface area (Å²) in [6.45, 7) is 5.81. The van der Waals surface area contributed by atoms with Gasteiger partial charge >= 0.3 is 0 Å². The van der Waals surface area contributed by atoms with Crippen molar-refractivity contribution >= 4 is 10.9 Å². The summed E-state index contributed by atoms with van der Waals surface area (Å²) < 4.78 is 2.31. The monoisotopic (exact) mass is 264 g/mol. The van der Waals surface area contributed by atoms with Crippen LogP contribution in [0.1, 0.15) is 22.3 Å². The fourth-order valence-electron chi connectivity index (χ4n) is 2.68. The van der Waals surface area contributed by atoms with E-state index in [1.54, 1.807) is 0 Å². The summed E-state index contributed by atoms with van der Waals surface area (Å²) in [6, 6.07) is 15.3. The molecule has 3 aromatic rings. The fourth-order valence-corrected chi connectivity index (χ4v) is 2.68. The first kappa shape index (κ1) is 12.9. The van der Waals surface area contributed by atoms with Crippen LogP contribution in [-0.4, -0.2) is 4.57 Å². The van der Waals surface area contributed by atoms with Crippen molar-refractivity contribution in [1.82, 2.24) is 4.57 Å². The third-order valence-corrected chi connectivity index (χ3v) is 3.91. The van der Waals surface area contributed by atoms with Crippen LogP contribution < -0.4 is 5.73 Å². The quantitative estimate of drug-likeness (QED) is 0.767. The highest BCUT2D eigenvalue weighted by Crippen LogP contribution is 2.20. The number of hydrogen-bond donors (Lipinski definition) is 1. The number of rotatable bonds is 3. The molecule has 20 heavy (non-hydrogen) atoms. The van der Waals surface area contributed by atoms with E-state index in [9.17, 15) is 0 Å². The van der Waals surface area contributed by atoms with E-state index >= 15 is 0 Å². The molecule has 0 unspecified atom stereocenters. The number of hydrogen-bond acceptors (Lipinski definition) is 1. The molecule has 0 aliphatic carbocycles. The molecule has 2 aromatic carbocycles. The van der Waals surface area contributed by atoms with Crippen LogP contribution in [0, 0.1) is 13.8 Å². The van der Waals surface area contributed by atoms with E-state index in [0.29, 0.717) is 6.54 Å². The first-order valence-electron chi connectivity index (χ1n) is 7.01. The van der Waals surface area contributed by atoms with Gasteiger partial charge in [0.25, 0.3) is 0 Å². The second-order valence-corrected chi connectivity index (χ2v) is 5.47.